The number of hydrogen-bond donors (Lipinski definition) is 2. The number of carbonyl (C=O) groups is 1. The molecular weight excluding hydrogens is 276 g/mol. The number of hydrazone groups is 1. The van der Waals surface area contributed by atoms with Gasteiger partial charge in [-0.3, -0.25) is 4.90 Å². The lowest BCUT2D eigenvalue weighted by Gasteiger charge is -2.26. The normalized spacial score (nSPS) is 11.8. The fraction of sp³-hybridized carbons (Fsp3) is 0.529. The summed E-state index contributed by atoms with van der Waals surface area (Å²) in [4.78, 5) is 13.0. The molecule has 1 aromatic carbocycles. The molecule has 122 valence electrons. The number of urea groups is 1. The monoisotopic (exact) mass is 304 g/mol. The van der Waals surface area contributed by atoms with Crippen molar-refractivity contribution in [3.05, 3.63) is 35.4 Å². The molecule has 22 heavy (non-hydrogen) atoms. The van der Waals surface area contributed by atoms with Gasteiger partial charge in [0.25, 0.3) is 0 Å². The van der Waals surface area contributed by atoms with Crippen molar-refractivity contribution in [2.24, 2.45) is 22.7 Å². The van der Waals surface area contributed by atoms with Crippen LogP contribution in [0.4, 0.5) is 4.79 Å². The third kappa shape index (κ3) is 7.78. The van der Waals surface area contributed by atoms with Gasteiger partial charge in [-0.15, -0.1) is 0 Å². The maximum atomic E-state index is 10.5. The first-order valence-corrected chi connectivity index (χ1v) is 7.76. The Morgan fingerprint density at radius 2 is 1.73 bits per heavy atom. The van der Waals surface area contributed by atoms with Crippen LogP contribution >= 0.6 is 0 Å². The lowest BCUT2D eigenvalue weighted by atomic mass is 10.1. The van der Waals surface area contributed by atoms with Crippen molar-refractivity contribution in [1.29, 1.82) is 0 Å². The zero-order valence-corrected chi connectivity index (χ0v) is 14.0. The molecule has 0 aromatic heterocycles. The second kappa shape index (κ2) is 9.20. The molecule has 3 N–H and O–H groups in total. The van der Waals surface area contributed by atoms with Gasteiger partial charge in [0, 0.05) is 19.6 Å². The highest BCUT2D eigenvalue weighted by molar-refractivity contribution is 5.81. The summed E-state index contributed by atoms with van der Waals surface area (Å²) in [5, 5.41) is 3.75. The van der Waals surface area contributed by atoms with Crippen molar-refractivity contribution in [2.75, 3.05) is 13.1 Å². The molecule has 0 fully saturated rings. The summed E-state index contributed by atoms with van der Waals surface area (Å²) >= 11 is 0. The molecule has 0 heterocycles. The van der Waals surface area contributed by atoms with Crippen LogP contribution in [-0.4, -0.2) is 30.2 Å². The highest BCUT2D eigenvalue weighted by atomic mass is 16.2. The number of primary amides is 1. The van der Waals surface area contributed by atoms with E-state index in [1.165, 1.54) is 5.56 Å². The van der Waals surface area contributed by atoms with E-state index < -0.39 is 6.03 Å². The number of nitrogens with one attached hydrogen (secondary N) is 1. The van der Waals surface area contributed by atoms with Crippen LogP contribution in [0.15, 0.2) is 29.4 Å². The predicted octanol–water partition coefficient (Wildman–Crippen LogP) is 2.80. The standard InChI is InChI=1S/C17H28N4O/c1-13(2)10-21(11-14(3)4)12-16-7-5-15(6-8-16)9-19-20-17(18)22/h5-9,13-14H,10-12H2,1-4H3,(H3,18,20,22). The van der Waals surface area contributed by atoms with E-state index in [2.05, 4.69) is 55.3 Å². The van der Waals surface area contributed by atoms with E-state index in [0.29, 0.717) is 11.8 Å². The zero-order valence-electron chi connectivity index (χ0n) is 14.0. The SMILES string of the molecule is CC(C)CN(Cc1ccc(C=NNC(N)=O)cc1)CC(C)C. The first-order valence-electron chi connectivity index (χ1n) is 7.76. The molecule has 0 bridgehead atoms. The topological polar surface area (TPSA) is 70.7 Å². The van der Waals surface area contributed by atoms with Crippen molar-refractivity contribution in [1.82, 2.24) is 10.3 Å². The van der Waals surface area contributed by atoms with Crippen molar-refractivity contribution < 1.29 is 4.79 Å². The summed E-state index contributed by atoms with van der Waals surface area (Å²) in [5.41, 5.74) is 9.34. The van der Waals surface area contributed by atoms with Crippen molar-refractivity contribution in [3.8, 4) is 0 Å². The Balaban J connectivity index is 2.63. The summed E-state index contributed by atoms with van der Waals surface area (Å²) in [5.74, 6) is 1.31. The third-order valence-electron chi connectivity index (χ3n) is 3.02. The van der Waals surface area contributed by atoms with E-state index in [9.17, 15) is 4.79 Å². The second-order valence-electron chi connectivity index (χ2n) is 6.46. The molecule has 2 amide bonds. The number of carbonyl (C=O) groups excluding carboxylic acids is 1. The van der Waals surface area contributed by atoms with Crippen LogP contribution in [0.3, 0.4) is 0 Å². The Morgan fingerprint density at radius 1 is 1.18 bits per heavy atom. The van der Waals surface area contributed by atoms with E-state index in [0.717, 1.165) is 25.2 Å². The summed E-state index contributed by atoms with van der Waals surface area (Å²) in [6.07, 6.45) is 1.58. The number of hydrogen-bond acceptors (Lipinski definition) is 3. The van der Waals surface area contributed by atoms with Gasteiger partial charge >= 0.3 is 6.03 Å². The molecule has 5 nitrogen and oxygen atoms in total. The Morgan fingerprint density at radius 3 is 2.18 bits per heavy atom. The summed E-state index contributed by atoms with van der Waals surface area (Å²) in [6.45, 7) is 12.1. The van der Waals surface area contributed by atoms with Crippen molar-refractivity contribution in [2.45, 2.75) is 34.2 Å². The molecule has 1 rings (SSSR count). The van der Waals surface area contributed by atoms with Gasteiger partial charge in [0.15, 0.2) is 0 Å². The lowest BCUT2D eigenvalue weighted by Crippen LogP contribution is -2.30. The number of nitrogens with zero attached hydrogens (tertiary/aromatic N) is 2. The van der Waals surface area contributed by atoms with E-state index in [4.69, 9.17) is 5.73 Å². The maximum Gasteiger partial charge on any atom is 0.332 e. The number of rotatable bonds is 8. The van der Waals surface area contributed by atoms with Crippen LogP contribution in [0, 0.1) is 11.8 Å². The van der Waals surface area contributed by atoms with Gasteiger partial charge in [-0.05, 0) is 23.0 Å². The highest BCUT2D eigenvalue weighted by Crippen LogP contribution is 2.11. The van der Waals surface area contributed by atoms with Crippen LogP contribution in [0.1, 0.15) is 38.8 Å². The number of amides is 2. The minimum Gasteiger partial charge on any atom is -0.350 e. The fourth-order valence-corrected chi connectivity index (χ4v) is 2.37. The molecule has 0 saturated carbocycles. The van der Waals surface area contributed by atoms with Crippen molar-refractivity contribution in [3.63, 3.8) is 0 Å². The van der Waals surface area contributed by atoms with Crippen LogP contribution in [-0.2, 0) is 6.54 Å². The third-order valence-corrected chi connectivity index (χ3v) is 3.02. The van der Waals surface area contributed by atoms with E-state index >= 15 is 0 Å². The number of nitrogens with two attached hydrogens (primary N) is 1. The Bertz CT molecular complexity index is 470. The minimum atomic E-state index is -0.661. The van der Waals surface area contributed by atoms with Gasteiger partial charge in [0.1, 0.15) is 0 Å². The van der Waals surface area contributed by atoms with Gasteiger partial charge in [-0.2, -0.15) is 5.10 Å². The lowest BCUT2D eigenvalue weighted by molar-refractivity contribution is 0.211. The van der Waals surface area contributed by atoms with Gasteiger partial charge < -0.3 is 5.73 Å². The molecule has 0 aliphatic rings. The molecule has 1 aromatic rings. The van der Waals surface area contributed by atoms with Crippen LogP contribution in [0.2, 0.25) is 0 Å². The first kappa shape index (κ1) is 18.2. The Hall–Kier alpha value is -1.88. The average molecular weight is 304 g/mol. The van der Waals surface area contributed by atoms with Gasteiger partial charge in [-0.25, -0.2) is 10.2 Å². The summed E-state index contributed by atoms with van der Waals surface area (Å²) in [7, 11) is 0. The number of benzene rings is 1. The smallest absolute Gasteiger partial charge is 0.332 e. The molecule has 0 aliphatic carbocycles. The fourth-order valence-electron chi connectivity index (χ4n) is 2.37. The molecular formula is C17H28N4O. The molecule has 0 aliphatic heterocycles. The van der Waals surface area contributed by atoms with Gasteiger partial charge in [-0.1, -0.05) is 52.0 Å². The second-order valence-corrected chi connectivity index (χ2v) is 6.46. The maximum absolute atomic E-state index is 10.5. The molecule has 0 atom stereocenters. The summed E-state index contributed by atoms with van der Waals surface area (Å²) in [6, 6.07) is 7.51. The average Bonchev–Trinajstić information content (AvgIpc) is 2.38. The van der Waals surface area contributed by atoms with Gasteiger partial charge in [0.05, 0.1) is 6.21 Å². The van der Waals surface area contributed by atoms with Crippen molar-refractivity contribution >= 4 is 12.2 Å². The summed E-state index contributed by atoms with van der Waals surface area (Å²) < 4.78 is 0. The van der Waals surface area contributed by atoms with Crippen LogP contribution in [0.5, 0.6) is 0 Å². The minimum absolute atomic E-state index is 0.657. The Labute approximate surface area is 133 Å². The van der Waals surface area contributed by atoms with E-state index in [1.807, 2.05) is 12.1 Å². The quantitative estimate of drug-likeness (QED) is 0.572. The zero-order chi connectivity index (χ0) is 16.5. The molecule has 0 spiro atoms. The Kier molecular flexibility index (Phi) is 7.60. The molecule has 0 unspecified atom stereocenters. The molecule has 5 heteroatoms. The molecule has 0 radical (unpaired) electrons. The molecule has 0 saturated heterocycles. The largest absolute Gasteiger partial charge is 0.350 e. The van der Waals surface area contributed by atoms with Crippen LogP contribution < -0.4 is 11.2 Å². The van der Waals surface area contributed by atoms with Crippen LogP contribution in [0.25, 0.3) is 0 Å². The predicted molar refractivity (Wildman–Crippen MR) is 91.7 cm³/mol. The van der Waals surface area contributed by atoms with Gasteiger partial charge in [0.2, 0.25) is 0 Å². The highest BCUT2D eigenvalue weighted by Gasteiger charge is 2.10. The van der Waals surface area contributed by atoms with E-state index in [1.54, 1.807) is 6.21 Å². The van der Waals surface area contributed by atoms with E-state index in [-0.39, 0.29) is 0 Å². The first-order chi connectivity index (χ1) is 10.4.